The minimum absolute atomic E-state index is 0.00802. The average Bonchev–Trinajstić information content (AvgIpc) is 3.70. The molecule has 6 heterocycles. The van der Waals surface area contributed by atoms with Gasteiger partial charge in [0.1, 0.15) is 36.3 Å². The molecule has 3 aliphatic rings. The second kappa shape index (κ2) is 12.5. The molecule has 2 bridgehead atoms. The maximum absolute atomic E-state index is 16.0. The van der Waals surface area contributed by atoms with Crippen LogP contribution in [0.25, 0.3) is 22.3 Å². The average molecular weight is 732 g/mol. The largest absolute Gasteiger partial charge is 0.472 e. The first-order chi connectivity index (χ1) is 22.8. The molecule has 3 fully saturated rings. The number of alkyl halides is 2. The fraction of sp³-hybridized carbons (Fsp3) is 0.400. The van der Waals surface area contributed by atoms with E-state index in [0.717, 1.165) is 17.1 Å². The van der Waals surface area contributed by atoms with E-state index in [0.29, 0.717) is 5.56 Å². The fourth-order valence-corrected chi connectivity index (χ4v) is 7.96. The molecule has 3 saturated heterocycles. The highest BCUT2D eigenvalue weighted by Crippen LogP contribution is 2.54. The summed E-state index contributed by atoms with van der Waals surface area (Å²) in [7, 11) is -5.26. The van der Waals surface area contributed by atoms with E-state index in [1.165, 1.54) is 10.9 Å². The molecule has 7 rings (SSSR count). The molecule has 3 aliphatic heterocycles. The van der Waals surface area contributed by atoms with Crippen molar-refractivity contribution < 1.29 is 50.7 Å². The number of phosphoric acid groups is 1. The topological polar surface area (TPSA) is 237 Å². The Bertz CT molecular complexity index is 2070. The monoisotopic (exact) mass is 731 g/mol. The molecule has 256 valence electrons. The summed E-state index contributed by atoms with van der Waals surface area (Å²) >= 11 is 5.09. The Kier molecular flexibility index (Phi) is 8.66. The Morgan fingerprint density at radius 1 is 0.938 bits per heavy atom. The van der Waals surface area contributed by atoms with Crippen molar-refractivity contribution in [2.75, 3.05) is 18.9 Å². The van der Waals surface area contributed by atoms with Crippen LogP contribution < -0.4 is 17.0 Å². The maximum atomic E-state index is 16.0. The Balaban J connectivity index is 1.21. The van der Waals surface area contributed by atoms with Crippen LogP contribution >= 0.6 is 14.5 Å². The number of phosphoric ester groups is 1. The second-order valence-corrected chi connectivity index (χ2v) is 15.0. The molecule has 23 heteroatoms. The van der Waals surface area contributed by atoms with Gasteiger partial charge in [0.05, 0.1) is 25.1 Å². The first kappa shape index (κ1) is 33.2. The van der Waals surface area contributed by atoms with Crippen molar-refractivity contribution in [1.29, 1.82) is 0 Å². The molecule has 0 saturated carbocycles. The van der Waals surface area contributed by atoms with Gasteiger partial charge in [0, 0.05) is 6.20 Å². The molecule has 0 spiro atoms. The number of hydrogen-bond acceptors (Lipinski definition) is 14. The van der Waals surface area contributed by atoms with Crippen molar-refractivity contribution in [3.05, 3.63) is 70.0 Å². The van der Waals surface area contributed by atoms with Crippen LogP contribution in [-0.2, 0) is 43.9 Å². The number of aromatic amines is 1. The normalized spacial score (nSPS) is 35.8. The van der Waals surface area contributed by atoms with Crippen LogP contribution in [0.2, 0.25) is 0 Å². The number of imidazole rings is 1. The van der Waals surface area contributed by atoms with Gasteiger partial charge in [0.25, 0.3) is 5.56 Å². The number of H-pyrrole nitrogens is 1. The third-order valence-electron chi connectivity index (χ3n) is 7.83. The third-order valence-corrected chi connectivity index (χ3v) is 10.4. The summed E-state index contributed by atoms with van der Waals surface area (Å²) in [6.07, 6.45) is -11.3. The maximum Gasteiger partial charge on any atom is 0.472 e. The van der Waals surface area contributed by atoms with Crippen LogP contribution in [0.1, 0.15) is 12.5 Å². The first-order valence-corrected chi connectivity index (χ1v) is 18.1. The van der Waals surface area contributed by atoms with E-state index in [-0.39, 0.29) is 22.5 Å². The summed E-state index contributed by atoms with van der Waals surface area (Å²) in [6, 6.07) is 8.16. The lowest BCUT2D eigenvalue weighted by atomic mass is 10.1. The predicted molar refractivity (Wildman–Crippen MR) is 162 cm³/mol. The zero-order valence-electron chi connectivity index (χ0n) is 24.1. The van der Waals surface area contributed by atoms with Gasteiger partial charge in [-0.15, -0.1) is 0 Å². The van der Waals surface area contributed by atoms with Crippen molar-refractivity contribution in [3.63, 3.8) is 0 Å². The molecule has 0 amide bonds. The standard InChI is InChI=1S/C25H25F2N7O11P2S/c26-15-13-7-41-47(39,48)45-18-14(43-23(16(18)27)34-10-31-17-20(28)29-9-30-21(17)34)8-40-46(37,38)44-19(15)24(42-13)33-6-12(22(35)32-25(33)36)11-4-2-1-3-5-11/h1-6,9-10,13-16,18-19,23-24H,7-8H2,(H,37,38)(H,39,48)(H2,28,29,30)(H,32,35,36)/t13?,14-,15-,16?,18-,19-,23-,24-,47?/m1/s1. The van der Waals surface area contributed by atoms with Crippen molar-refractivity contribution in [2.24, 2.45) is 0 Å². The van der Waals surface area contributed by atoms with Crippen molar-refractivity contribution >= 4 is 43.3 Å². The lowest BCUT2D eigenvalue weighted by Crippen LogP contribution is -2.38. The van der Waals surface area contributed by atoms with Crippen LogP contribution in [0.3, 0.4) is 0 Å². The van der Waals surface area contributed by atoms with Gasteiger partial charge in [-0.25, -0.2) is 33.1 Å². The smallest absolute Gasteiger partial charge is 0.382 e. The molecular formula is C25H25F2N7O11P2S. The number of fused-ring (bicyclic) bond motifs is 4. The molecule has 0 radical (unpaired) electrons. The third kappa shape index (κ3) is 6.16. The molecule has 10 atom stereocenters. The Labute approximate surface area is 272 Å². The lowest BCUT2D eigenvalue weighted by molar-refractivity contribution is -0.0664. The molecule has 4 aromatic rings. The van der Waals surface area contributed by atoms with E-state index in [4.69, 9.17) is 45.1 Å². The summed E-state index contributed by atoms with van der Waals surface area (Å²) in [5.74, 6) is 0.00802. The van der Waals surface area contributed by atoms with Gasteiger partial charge in [-0.2, -0.15) is 0 Å². The summed E-state index contributed by atoms with van der Waals surface area (Å²) < 4.78 is 79.7. The van der Waals surface area contributed by atoms with Gasteiger partial charge in [0.15, 0.2) is 36.3 Å². The molecule has 0 aliphatic carbocycles. The number of nitrogens with one attached hydrogen (secondary N) is 1. The number of ether oxygens (including phenoxy) is 2. The highest BCUT2D eigenvalue weighted by molar-refractivity contribution is 8.07. The van der Waals surface area contributed by atoms with E-state index in [9.17, 15) is 23.9 Å². The van der Waals surface area contributed by atoms with Gasteiger partial charge in [-0.3, -0.25) is 32.5 Å². The molecule has 1 aromatic carbocycles. The number of hydrogen-bond donors (Lipinski definition) is 4. The van der Waals surface area contributed by atoms with E-state index in [1.54, 1.807) is 30.3 Å². The van der Waals surface area contributed by atoms with Gasteiger partial charge in [-0.1, -0.05) is 30.3 Å². The molecule has 18 nitrogen and oxygen atoms in total. The Morgan fingerprint density at radius 3 is 2.44 bits per heavy atom. The number of benzene rings is 1. The summed E-state index contributed by atoms with van der Waals surface area (Å²) in [5.41, 5.74) is 4.62. The number of aromatic nitrogens is 6. The fourth-order valence-electron chi connectivity index (χ4n) is 5.60. The minimum Gasteiger partial charge on any atom is -0.382 e. The molecule has 48 heavy (non-hydrogen) atoms. The number of nitrogens with two attached hydrogens (primary N) is 1. The SMILES string of the molecule is Nc1ncnc2c1ncn2[C@@H]1O[C@@H]2COP(=O)(O)O[C@@H]3[C@H](F)C(COP(O)(=S)O[C@H]2C1F)O[C@H]3n1cc(-c2ccccc2)c(=O)[nH]c1=O. The molecule has 3 aromatic heterocycles. The van der Waals surface area contributed by atoms with E-state index in [1.807, 2.05) is 0 Å². The molecular weight excluding hydrogens is 706 g/mol. The Hall–Kier alpha value is -3.33. The molecule has 5 N–H and O–H groups in total. The molecule has 4 unspecified atom stereocenters. The van der Waals surface area contributed by atoms with Gasteiger partial charge in [0.2, 0.25) is 0 Å². The van der Waals surface area contributed by atoms with Gasteiger partial charge < -0.3 is 29.5 Å². The second-order valence-electron chi connectivity index (χ2n) is 10.8. The van der Waals surface area contributed by atoms with Crippen LogP contribution in [0, 0.1) is 0 Å². The number of anilines is 1. The lowest BCUT2D eigenvalue weighted by Gasteiger charge is -2.26. The first-order valence-electron chi connectivity index (χ1n) is 14.1. The number of halogens is 2. The van der Waals surface area contributed by atoms with Crippen LogP contribution in [0.15, 0.2) is 58.8 Å². The van der Waals surface area contributed by atoms with E-state index >= 15 is 8.78 Å². The van der Waals surface area contributed by atoms with Crippen LogP contribution in [0.5, 0.6) is 0 Å². The number of nitrogen functional groups attached to an aromatic ring is 1. The zero-order valence-corrected chi connectivity index (χ0v) is 26.7. The van der Waals surface area contributed by atoms with E-state index < -0.39 is 88.2 Å². The summed E-state index contributed by atoms with van der Waals surface area (Å²) in [6.45, 7) is -6.14. The highest BCUT2D eigenvalue weighted by Gasteiger charge is 2.54. The summed E-state index contributed by atoms with van der Waals surface area (Å²) in [4.78, 5) is 61.2. The highest BCUT2D eigenvalue weighted by atomic mass is 32.5. The minimum atomic E-state index is -5.26. The Morgan fingerprint density at radius 2 is 1.67 bits per heavy atom. The number of rotatable bonds is 3. The van der Waals surface area contributed by atoms with Gasteiger partial charge >= 0.3 is 20.2 Å². The van der Waals surface area contributed by atoms with Crippen molar-refractivity contribution in [3.8, 4) is 11.1 Å². The predicted octanol–water partition coefficient (Wildman–Crippen LogP) is 1.23. The van der Waals surface area contributed by atoms with Crippen molar-refractivity contribution in [1.82, 2.24) is 29.1 Å². The number of nitrogens with zero attached hydrogens (tertiary/aromatic N) is 5. The van der Waals surface area contributed by atoms with Crippen LogP contribution in [0.4, 0.5) is 14.6 Å². The van der Waals surface area contributed by atoms with Crippen LogP contribution in [-0.4, -0.2) is 88.8 Å². The quantitative estimate of drug-likeness (QED) is 0.217. The summed E-state index contributed by atoms with van der Waals surface area (Å²) in [5, 5.41) is 0. The van der Waals surface area contributed by atoms with Crippen molar-refractivity contribution in [2.45, 2.75) is 49.2 Å². The zero-order chi connectivity index (χ0) is 34.0. The van der Waals surface area contributed by atoms with Gasteiger partial charge in [-0.05, 0) is 17.4 Å². The van der Waals surface area contributed by atoms with E-state index in [2.05, 4.69) is 19.9 Å².